The van der Waals surface area contributed by atoms with Crippen molar-refractivity contribution in [3.8, 4) is 0 Å². The molecule has 1 aromatic rings. The Balaban J connectivity index is 2.27. The third kappa shape index (κ3) is 2.97. The molecule has 0 aliphatic carbocycles. The fourth-order valence-electron chi connectivity index (χ4n) is 2.41. The Hall–Kier alpha value is -1.09. The van der Waals surface area contributed by atoms with E-state index in [9.17, 15) is 4.39 Å². The molecule has 17 heavy (non-hydrogen) atoms. The quantitative estimate of drug-likeness (QED) is 0.806. The smallest absolute Gasteiger partial charge is 0.125 e. The molecule has 1 unspecified atom stereocenters. The minimum atomic E-state index is -0.162. The van der Waals surface area contributed by atoms with Gasteiger partial charge in [0, 0.05) is 23.8 Å². The van der Waals surface area contributed by atoms with E-state index >= 15 is 0 Å². The number of halogens is 1. The molecule has 1 atom stereocenters. The van der Waals surface area contributed by atoms with Gasteiger partial charge in [-0.05, 0) is 51.9 Å². The number of hydrogen-bond acceptors (Lipinski definition) is 2. The second-order valence-electron chi connectivity index (χ2n) is 5.56. The van der Waals surface area contributed by atoms with E-state index in [4.69, 9.17) is 0 Å². The van der Waals surface area contributed by atoms with Crippen LogP contribution in [0, 0.1) is 5.82 Å². The summed E-state index contributed by atoms with van der Waals surface area (Å²) in [5.74, 6) is -0.162. The summed E-state index contributed by atoms with van der Waals surface area (Å²) in [6.07, 6.45) is 1.08. The largest absolute Gasteiger partial charge is 0.367 e. The van der Waals surface area contributed by atoms with Crippen LogP contribution in [0.4, 0.5) is 10.1 Å². The molecule has 1 heterocycles. The van der Waals surface area contributed by atoms with Gasteiger partial charge in [0.1, 0.15) is 5.82 Å². The lowest BCUT2D eigenvalue weighted by molar-refractivity contribution is 0.415. The molecule has 2 nitrogen and oxygen atoms in total. The van der Waals surface area contributed by atoms with E-state index in [0.29, 0.717) is 6.04 Å². The second kappa shape index (κ2) is 4.65. The van der Waals surface area contributed by atoms with Gasteiger partial charge in [0.05, 0.1) is 0 Å². The van der Waals surface area contributed by atoms with Crippen LogP contribution < -0.4 is 10.2 Å². The minimum Gasteiger partial charge on any atom is -0.367 e. The van der Waals surface area contributed by atoms with Crippen LogP contribution in [-0.4, -0.2) is 24.7 Å². The second-order valence-corrected chi connectivity index (χ2v) is 5.56. The first-order chi connectivity index (χ1) is 7.98. The topological polar surface area (TPSA) is 15.3 Å². The standard InChI is InChI=1S/C14H21FN2/c1-11-7-8-16-14(2,3)10-17(11)13-6-4-5-12(15)9-13/h4-6,9,11,16H,7-8,10H2,1-3H3. The first-order valence-corrected chi connectivity index (χ1v) is 6.25. The van der Waals surface area contributed by atoms with Gasteiger partial charge in [0.2, 0.25) is 0 Å². The lowest BCUT2D eigenvalue weighted by Crippen LogP contribution is -2.47. The summed E-state index contributed by atoms with van der Waals surface area (Å²) in [6, 6.07) is 7.32. The fourth-order valence-corrected chi connectivity index (χ4v) is 2.41. The minimum absolute atomic E-state index is 0.0665. The Morgan fingerprint density at radius 2 is 2.18 bits per heavy atom. The van der Waals surface area contributed by atoms with Gasteiger partial charge < -0.3 is 10.2 Å². The van der Waals surface area contributed by atoms with Crippen LogP contribution in [0.1, 0.15) is 27.2 Å². The molecule has 94 valence electrons. The number of benzene rings is 1. The summed E-state index contributed by atoms with van der Waals surface area (Å²) in [6.45, 7) is 8.50. The zero-order valence-electron chi connectivity index (χ0n) is 10.8. The molecule has 0 radical (unpaired) electrons. The van der Waals surface area contributed by atoms with E-state index in [0.717, 1.165) is 25.2 Å². The van der Waals surface area contributed by atoms with Crippen molar-refractivity contribution < 1.29 is 4.39 Å². The van der Waals surface area contributed by atoms with Crippen LogP contribution in [-0.2, 0) is 0 Å². The van der Waals surface area contributed by atoms with Gasteiger partial charge in [-0.2, -0.15) is 0 Å². The van der Waals surface area contributed by atoms with Gasteiger partial charge >= 0.3 is 0 Å². The molecule has 0 saturated carbocycles. The van der Waals surface area contributed by atoms with Crippen molar-refractivity contribution in [3.63, 3.8) is 0 Å². The van der Waals surface area contributed by atoms with Crippen molar-refractivity contribution >= 4 is 5.69 Å². The van der Waals surface area contributed by atoms with Gasteiger partial charge in [0.15, 0.2) is 0 Å². The first-order valence-electron chi connectivity index (χ1n) is 6.25. The Bertz CT molecular complexity index is 390. The predicted octanol–water partition coefficient (Wildman–Crippen LogP) is 2.79. The molecule has 1 N–H and O–H groups in total. The molecule has 1 fully saturated rings. The van der Waals surface area contributed by atoms with Crippen molar-refractivity contribution in [3.05, 3.63) is 30.1 Å². The monoisotopic (exact) mass is 236 g/mol. The van der Waals surface area contributed by atoms with Crippen molar-refractivity contribution in [1.82, 2.24) is 5.32 Å². The van der Waals surface area contributed by atoms with Gasteiger partial charge in [0.25, 0.3) is 0 Å². The average Bonchev–Trinajstić information content (AvgIpc) is 2.38. The number of anilines is 1. The highest BCUT2D eigenvalue weighted by Crippen LogP contribution is 2.24. The molecule has 1 aromatic carbocycles. The molecule has 1 saturated heterocycles. The zero-order valence-corrected chi connectivity index (χ0v) is 10.8. The van der Waals surface area contributed by atoms with Crippen LogP contribution >= 0.6 is 0 Å². The van der Waals surface area contributed by atoms with Gasteiger partial charge in [-0.1, -0.05) is 6.07 Å². The number of rotatable bonds is 1. The van der Waals surface area contributed by atoms with Crippen molar-refractivity contribution in [2.24, 2.45) is 0 Å². The Morgan fingerprint density at radius 3 is 2.88 bits per heavy atom. The summed E-state index contributed by atoms with van der Waals surface area (Å²) in [4.78, 5) is 2.29. The van der Waals surface area contributed by atoms with E-state index in [1.54, 1.807) is 12.1 Å². The van der Waals surface area contributed by atoms with Gasteiger partial charge in [-0.25, -0.2) is 4.39 Å². The van der Waals surface area contributed by atoms with Gasteiger partial charge in [-0.15, -0.1) is 0 Å². The average molecular weight is 236 g/mol. The normalized spacial score (nSPS) is 24.5. The molecule has 0 spiro atoms. The van der Waals surface area contributed by atoms with E-state index in [1.165, 1.54) is 6.07 Å². The number of nitrogens with one attached hydrogen (secondary N) is 1. The van der Waals surface area contributed by atoms with Crippen LogP contribution in [0.3, 0.4) is 0 Å². The Labute approximate surface area is 103 Å². The number of nitrogens with zero attached hydrogens (tertiary/aromatic N) is 1. The van der Waals surface area contributed by atoms with Crippen molar-refractivity contribution in [2.75, 3.05) is 18.0 Å². The summed E-state index contributed by atoms with van der Waals surface area (Å²) < 4.78 is 13.3. The lowest BCUT2D eigenvalue weighted by Gasteiger charge is -2.34. The van der Waals surface area contributed by atoms with E-state index < -0.39 is 0 Å². The highest BCUT2D eigenvalue weighted by atomic mass is 19.1. The third-order valence-electron chi connectivity index (χ3n) is 3.40. The van der Waals surface area contributed by atoms with E-state index in [1.807, 2.05) is 6.07 Å². The highest BCUT2D eigenvalue weighted by molar-refractivity contribution is 5.48. The summed E-state index contributed by atoms with van der Waals surface area (Å²) >= 11 is 0. The van der Waals surface area contributed by atoms with E-state index in [-0.39, 0.29) is 11.4 Å². The molecule has 1 aliphatic heterocycles. The molecule has 0 amide bonds. The molecule has 3 heteroatoms. The summed E-state index contributed by atoms with van der Waals surface area (Å²) in [7, 11) is 0. The van der Waals surface area contributed by atoms with E-state index in [2.05, 4.69) is 31.0 Å². The maximum absolute atomic E-state index is 13.3. The predicted molar refractivity (Wildman–Crippen MR) is 69.9 cm³/mol. The SMILES string of the molecule is CC1CCNC(C)(C)CN1c1cccc(F)c1. The van der Waals surface area contributed by atoms with Crippen LogP contribution in [0.15, 0.2) is 24.3 Å². The lowest BCUT2D eigenvalue weighted by atomic mass is 10.0. The summed E-state index contributed by atoms with van der Waals surface area (Å²) in [5, 5.41) is 3.53. The fraction of sp³-hybridized carbons (Fsp3) is 0.571. The van der Waals surface area contributed by atoms with Crippen LogP contribution in [0.2, 0.25) is 0 Å². The Kier molecular flexibility index (Phi) is 3.38. The molecule has 1 aliphatic rings. The van der Waals surface area contributed by atoms with Crippen molar-refractivity contribution in [2.45, 2.75) is 38.8 Å². The summed E-state index contributed by atoms with van der Waals surface area (Å²) in [5.41, 5.74) is 1.05. The first kappa shape index (κ1) is 12.4. The molecule has 0 bridgehead atoms. The van der Waals surface area contributed by atoms with Crippen molar-refractivity contribution in [1.29, 1.82) is 0 Å². The number of hydrogen-bond donors (Lipinski definition) is 1. The Morgan fingerprint density at radius 1 is 1.41 bits per heavy atom. The zero-order chi connectivity index (χ0) is 12.5. The molecular weight excluding hydrogens is 215 g/mol. The molecule has 2 rings (SSSR count). The highest BCUT2D eigenvalue weighted by Gasteiger charge is 2.28. The maximum Gasteiger partial charge on any atom is 0.125 e. The molecular formula is C14H21FN2. The maximum atomic E-state index is 13.3. The third-order valence-corrected chi connectivity index (χ3v) is 3.40. The van der Waals surface area contributed by atoms with Crippen LogP contribution in [0.25, 0.3) is 0 Å². The van der Waals surface area contributed by atoms with Gasteiger partial charge in [-0.3, -0.25) is 0 Å². The molecule has 0 aromatic heterocycles. The van der Waals surface area contributed by atoms with Crippen LogP contribution in [0.5, 0.6) is 0 Å².